The molecule has 0 radical (unpaired) electrons. The number of hydrogen-bond acceptors (Lipinski definition) is 4. The zero-order chi connectivity index (χ0) is 12.8. The van der Waals surface area contributed by atoms with E-state index in [4.69, 9.17) is 4.74 Å². The molecule has 0 heterocycles. The van der Waals surface area contributed by atoms with Crippen LogP contribution in [-0.2, 0) is 4.74 Å². The Bertz CT molecular complexity index is 392. The fraction of sp³-hybridized carbons (Fsp3) is 0.417. The van der Waals surface area contributed by atoms with Gasteiger partial charge in [0, 0.05) is 24.8 Å². The van der Waals surface area contributed by atoms with Crippen molar-refractivity contribution in [3.8, 4) is 5.75 Å². The first kappa shape index (κ1) is 13.5. The molecule has 1 aromatic carbocycles. The lowest BCUT2D eigenvalue weighted by Crippen LogP contribution is -2.34. The molecule has 1 atom stereocenters. The van der Waals surface area contributed by atoms with Crippen molar-refractivity contribution < 1.29 is 19.7 Å². The molecule has 1 rings (SSSR count). The molecular weight excluding hydrogens is 222 g/mol. The molecule has 0 aliphatic heterocycles. The minimum atomic E-state index is -0.735. The summed E-state index contributed by atoms with van der Waals surface area (Å²) in [6, 6.07) is 4.74. The molecule has 0 aliphatic carbocycles. The largest absolute Gasteiger partial charge is 0.508 e. The average Bonchev–Trinajstić information content (AvgIpc) is 2.30. The molecule has 1 unspecified atom stereocenters. The summed E-state index contributed by atoms with van der Waals surface area (Å²) >= 11 is 0. The number of phenolic OH excluding ortho intramolecular Hbond substituents is 1. The van der Waals surface area contributed by atoms with Crippen molar-refractivity contribution in [1.29, 1.82) is 0 Å². The number of ether oxygens (including phenoxy) is 1. The smallest absolute Gasteiger partial charge is 0.251 e. The SMILES string of the molecule is COCC(O)CNC(=O)c1cccc(O)c1C. The molecule has 1 amide bonds. The third kappa shape index (κ3) is 3.72. The molecule has 0 saturated heterocycles. The summed E-state index contributed by atoms with van der Waals surface area (Å²) in [6.45, 7) is 1.94. The van der Waals surface area contributed by atoms with E-state index in [1.165, 1.54) is 13.2 Å². The number of amides is 1. The molecule has 0 spiro atoms. The monoisotopic (exact) mass is 239 g/mol. The highest BCUT2D eigenvalue weighted by molar-refractivity contribution is 5.96. The molecule has 0 bridgehead atoms. The first-order valence-corrected chi connectivity index (χ1v) is 5.30. The Kier molecular flexibility index (Phi) is 4.93. The van der Waals surface area contributed by atoms with Gasteiger partial charge in [-0.05, 0) is 19.1 Å². The Labute approximate surface area is 100 Å². The third-order valence-corrected chi connectivity index (χ3v) is 2.41. The van der Waals surface area contributed by atoms with Crippen LogP contribution in [0, 0.1) is 6.92 Å². The molecule has 1 aromatic rings. The molecule has 0 fully saturated rings. The highest BCUT2D eigenvalue weighted by Gasteiger charge is 2.12. The van der Waals surface area contributed by atoms with E-state index >= 15 is 0 Å². The molecular formula is C12H17NO4. The Balaban J connectivity index is 2.61. The molecule has 5 heteroatoms. The Morgan fingerprint density at radius 2 is 2.24 bits per heavy atom. The van der Waals surface area contributed by atoms with Crippen LogP contribution in [-0.4, -0.2) is 42.5 Å². The number of hydrogen-bond donors (Lipinski definition) is 3. The van der Waals surface area contributed by atoms with E-state index in [0.29, 0.717) is 11.1 Å². The van der Waals surface area contributed by atoms with Crippen molar-refractivity contribution in [2.24, 2.45) is 0 Å². The second kappa shape index (κ2) is 6.22. The van der Waals surface area contributed by atoms with E-state index in [-0.39, 0.29) is 24.8 Å². The molecule has 0 aliphatic rings. The van der Waals surface area contributed by atoms with Crippen LogP contribution in [0.15, 0.2) is 18.2 Å². The number of phenols is 1. The van der Waals surface area contributed by atoms with Gasteiger partial charge in [-0.25, -0.2) is 0 Å². The van der Waals surface area contributed by atoms with Crippen molar-refractivity contribution in [3.05, 3.63) is 29.3 Å². The van der Waals surface area contributed by atoms with Gasteiger partial charge in [0.1, 0.15) is 5.75 Å². The summed E-state index contributed by atoms with van der Waals surface area (Å²) in [7, 11) is 1.48. The van der Waals surface area contributed by atoms with Crippen LogP contribution in [0.5, 0.6) is 5.75 Å². The number of methoxy groups -OCH3 is 1. The number of aromatic hydroxyl groups is 1. The lowest BCUT2D eigenvalue weighted by molar-refractivity contribution is 0.0609. The number of nitrogens with one attached hydrogen (secondary N) is 1. The maximum absolute atomic E-state index is 11.8. The van der Waals surface area contributed by atoms with Crippen molar-refractivity contribution in [2.75, 3.05) is 20.3 Å². The molecule has 5 nitrogen and oxygen atoms in total. The minimum Gasteiger partial charge on any atom is -0.508 e. The average molecular weight is 239 g/mol. The topological polar surface area (TPSA) is 78.8 Å². The first-order chi connectivity index (χ1) is 8.06. The van der Waals surface area contributed by atoms with E-state index < -0.39 is 6.10 Å². The van der Waals surface area contributed by atoms with Crippen LogP contribution in [0.1, 0.15) is 15.9 Å². The highest BCUT2D eigenvalue weighted by atomic mass is 16.5. The van der Waals surface area contributed by atoms with Crippen molar-refractivity contribution in [3.63, 3.8) is 0 Å². The highest BCUT2D eigenvalue weighted by Crippen LogP contribution is 2.19. The number of aliphatic hydroxyl groups is 1. The van der Waals surface area contributed by atoms with Crippen molar-refractivity contribution >= 4 is 5.91 Å². The molecule has 3 N–H and O–H groups in total. The van der Waals surface area contributed by atoms with Crippen LogP contribution in [0.2, 0.25) is 0 Å². The van der Waals surface area contributed by atoms with Gasteiger partial charge in [-0.1, -0.05) is 6.07 Å². The maximum atomic E-state index is 11.8. The van der Waals surface area contributed by atoms with Gasteiger partial charge in [0.2, 0.25) is 0 Å². The van der Waals surface area contributed by atoms with Gasteiger partial charge in [0.05, 0.1) is 12.7 Å². The minimum absolute atomic E-state index is 0.0788. The van der Waals surface area contributed by atoms with Crippen LogP contribution < -0.4 is 5.32 Å². The van der Waals surface area contributed by atoms with Crippen LogP contribution in [0.3, 0.4) is 0 Å². The zero-order valence-electron chi connectivity index (χ0n) is 9.93. The van der Waals surface area contributed by atoms with Gasteiger partial charge >= 0.3 is 0 Å². The number of carbonyl (C=O) groups is 1. The summed E-state index contributed by atoms with van der Waals surface area (Å²) in [5, 5.41) is 21.4. The van der Waals surface area contributed by atoms with Crippen LogP contribution in [0.25, 0.3) is 0 Å². The summed E-state index contributed by atoms with van der Waals surface area (Å²) in [5.41, 5.74) is 0.917. The predicted molar refractivity (Wildman–Crippen MR) is 63.1 cm³/mol. The Morgan fingerprint density at radius 1 is 1.53 bits per heavy atom. The van der Waals surface area contributed by atoms with Gasteiger partial charge in [0.25, 0.3) is 5.91 Å². The van der Waals surface area contributed by atoms with Gasteiger partial charge in [-0.2, -0.15) is 0 Å². The van der Waals surface area contributed by atoms with Gasteiger partial charge in [-0.15, -0.1) is 0 Å². The quantitative estimate of drug-likeness (QED) is 0.696. The van der Waals surface area contributed by atoms with Gasteiger partial charge in [-0.3, -0.25) is 4.79 Å². The Hall–Kier alpha value is -1.59. The van der Waals surface area contributed by atoms with Crippen molar-refractivity contribution in [1.82, 2.24) is 5.32 Å². The number of aliphatic hydroxyl groups excluding tert-OH is 1. The second-order valence-electron chi connectivity index (χ2n) is 3.77. The lowest BCUT2D eigenvalue weighted by Gasteiger charge is -2.12. The third-order valence-electron chi connectivity index (χ3n) is 2.41. The summed E-state index contributed by atoms with van der Waals surface area (Å²) < 4.78 is 4.74. The standard InChI is InChI=1S/C12H17NO4/c1-8-10(4-3-5-11(8)15)12(16)13-6-9(14)7-17-2/h3-5,9,14-15H,6-7H2,1-2H3,(H,13,16). The number of carbonyl (C=O) groups excluding carboxylic acids is 1. The number of rotatable bonds is 5. The molecule has 94 valence electrons. The maximum Gasteiger partial charge on any atom is 0.251 e. The van der Waals surface area contributed by atoms with E-state index in [0.717, 1.165) is 0 Å². The second-order valence-corrected chi connectivity index (χ2v) is 3.77. The van der Waals surface area contributed by atoms with E-state index in [1.807, 2.05) is 0 Å². The molecule has 0 saturated carbocycles. The van der Waals surface area contributed by atoms with Gasteiger partial charge < -0.3 is 20.3 Å². The first-order valence-electron chi connectivity index (χ1n) is 5.30. The number of benzene rings is 1. The summed E-state index contributed by atoms with van der Waals surface area (Å²) in [6.07, 6.45) is -0.735. The van der Waals surface area contributed by atoms with E-state index in [1.54, 1.807) is 19.1 Å². The van der Waals surface area contributed by atoms with Crippen LogP contribution in [0.4, 0.5) is 0 Å². The predicted octanol–water partition coefficient (Wildman–Crippen LogP) is 0.438. The van der Waals surface area contributed by atoms with Gasteiger partial charge in [0.15, 0.2) is 0 Å². The lowest BCUT2D eigenvalue weighted by atomic mass is 10.1. The zero-order valence-corrected chi connectivity index (χ0v) is 9.93. The van der Waals surface area contributed by atoms with E-state index in [9.17, 15) is 15.0 Å². The molecule has 17 heavy (non-hydrogen) atoms. The summed E-state index contributed by atoms with van der Waals surface area (Å²) in [5.74, 6) is -0.247. The van der Waals surface area contributed by atoms with Crippen LogP contribution >= 0.6 is 0 Å². The fourth-order valence-electron chi connectivity index (χ4n) is 1.43. The Morgan fingerprint density at radius 3 is 2.88 bits per heavy atom. The van der Waals surface area contributed by atoms with Crippen molar-refractivity contribution in [2.45, 2.75) is 13.0 Å². The fourth-order valence-corrected chi connectivity index (χ4v) is 1.43. The molecule has 0 aromatic heterocycles. The summed E-state index contributed by atoms with van der Waals surface area (Å²) in [4.78, 5) is 11.8. The van der Waals surface area contributed by atoms with E-state index in [2.05, 4.69) is 5.32 Å². The normalized spacial score (nSPS) is 12.2.